The Hall–Kier alpha value is -1.35. The van der Waals surface area contributed by atoms with E-state index in [2.05, 4.69) is 12.1 Å². The summed E-state index contributed by atoms with van der Waals surface area (Å²) in [4.78, 5) is 13.5. The summed E-state index contributed by atoms with van der Waals surface area (Å²) in [5.41, 5.74) is 2.00. The molecular formula is C17H19Cl2NO. The monoisotopic (exact) mass is 323 g/mol. The molecule has 0 aliphatic carbocycles. The van der Waals surface area contributed by atoms with Gasteiger partial charge in [-0.2, -0.15) is 0 Å². The van der Waals surface area contributed by atoms with Crippen LogP contribution in [0, 0.1) is 0 Å². The standard InChI is InChI=1S/C17H18ClNO.ClH/c18-11-12-19(13-15-7-3-1-4-8-15)14-17(20)16-9-5-2-6-10-16;/h1-10H,11-14H2;1H. The van der Waals surface area contributed by atoms with Crippen molar-refractivity contribution in [3.8, 4) is 0 Å². The van der Waals surface area contributed by atoms with Crippen LogP contribution in [0.1, 0.15) is 15.9 Å². The molecule has 0 fully saturated rings. The van der Waals surface area contributed by atoms with Crippen molar-refractivity contribution in [3.05, 3.63) is 71.8 Å². The topological polar surface area (TPSA) is 21.5 Å². The Morgan fingerprint density at radius 2 is 1.52 bits per heavy atom. The highest BCUT2D eigenvalue weighted by Gasteiger charge is 2.15. The maximum absolute atomic E-state index is 12.3. The molecular weight excluding hydrogens is 305 g/mol. The smallest absolute Gasteiger partial charge is 0.216 e. The molecule has 2 aromatic carbocycles. The molecule has 0 aliphatic heterocycles. The molecule has 112 valence electrons. The van der Waals surface area contributed by atoms with Crippen molar-refractivity contribution in [1.82, 2.24) is 0 Å². The first-order chi connectivity index (χ1) is 9.79. The Bertz CT molecular complexity index is 531. The van der Waals surface area contributed by atoms with E-state index in [1.807, 2.05) is 48.5 Å². The van der Waals surface area contributed by atoms with E-state index >= 15 is 0 Å². The first-order valence-corrected chi connectivity index (χ1v) is 7.35. The minimum Gasteiger partial charge on any atom is -1.00 e. The molecule has 0 spiro atoms. The number of carbonyl (C=O) groups is 1. The molecule has 0 saturated carbocycles. The van der Waals surface area contributed by atoms with Crippen molar-refractivity contribution in [2.75, 3.05) is 19.0 Å². The molecule has 2 rings (SSSR count). The second-order valence-corrected chi connectivity index (χ2v) is 5.20. The highest BCUT2D eigenvalue weighted by atomic mass is 35.5. The third-order valence-corrected chi connectivity index (χ3v) is 3.44. The number of Topliss-reactive ketones (excluding diaryl/α,β-unsaturated/α-hetero) is 1. The second kappa shape index (κ2) is 9.56. The molecule has 0 saturated heterocycles. The van der Waals surface area contributed by atoms with Crippen LogP contribution in [0.3, 0.4) is 0 Å². The van der Waals surface area contributed by atoms with E-state index in [1.54, 1.807) is 0 Å². The van der Waals surface area contributed by atoms with Gasteiger partial charge in [0.25, 0.3) is 0 Å². The van der Waals surface area contributed by atoms with E-state index in [9.17, 15) is 4.79 Å². The van der Waals surface area contributed by atoms with Crippen LogP contribution < -0.4 is 17.3 Å². The Morgan fingerprint density at radius 3 is 2.10 bits per heavy atom. The van der Waals surface area contributed by atoms with E-state index in [0.717, 1.165) is 18.7 Å². The van der Waals surface area contributed by atoms with Crippen LogP contribution in [0.4, 0.5) is 0 Å². The van der Waals surface area contributed by atoms with Crippen LogP contribution in [0.15, 0.2) is 60.7 Å². The van der Waals surface area contributed by atoms with Crippen molar-refractivity contribution in [1.29, 1.82) is 0 Å². The lowest BCUT2D eigenvalue weighted by molar-refractivity contribution is -0.903. The van der Waals surface area contributed by atoms with Gasteiger partial charge in [0.1, 0.15) is 13.1 Å². The number of halogens is 2. The van der Waals surface area contributed by atoms with Crippen LogP contribution >= 0.6 is 11.6 Å². The average Bonchev–Trinajstić information content (AvgIpc) is 2.49. The van der Waals surface area contributed by atoms with Gasteiger partial charge in [-0.25, -0.2) is 0 Å². The van der Waals surface area contributed by atoms with Crippen molar-refractivity contribution in [2.24, 2.45) is 0 Å². The third kappa shape index (κ3) is 5.88. The van der Waals surface area contributed by atoms with E-state index in [-0.39, 0.29) is 18.2 Å². The molecule has 0 aliphatic rings. The summed E-state index contributed by atoms with van der Waals surface area (Å²) in [5.74, 6) is 0.728. The minimum atomic E-state index is 0. The molecule has 1 atom stereocenters. The minimum absolute atomic E-state index is 0. The summed E-state index contributed by atoms with van der Waals surface area (Å²) in [6.45, 7) is 2.09. The zero-order valence-electron chi connectivity index (χ0n) is 11.8. The molecule has 21 heavy (non-hydrogen) atoms. The molecule has 1 unspecified atom stereocenters. The maximum atomic E-state index is 12.3. The lowest BCUT2D eigenvalue weighted by Gasteiger charge is -2.17. The molecule has 2 aromatic rings. The third-order valence-electron chi connectivity index (χ3n) is 3.25. The van der Waals surface area contributed by atoms with Gasteiger partial charge in [0.05, 0.1) is 12.4 Å². The largest absolute Gasteiger partial charge is 1.00 e. The Balaban J connectivity index is 0.00000220. The average molecular weight is 324 g/mol. The van der Waals surface area contributed by atoms with Gasteiger partial charge in [-0.15, -0.1) is 11.6 Å². The fourth-order valence-electron chi connectivity index (χ4n) is 2.21. The van der Waals surface area contributed by atoms with Gasteiger partial charge >= 0.3 is 0 Å². The number of quaternary nitrogens is 1. The van der Waals surface area contributed by atoms with Crippen LogP contribution in [-0.4, -0.2) is 24.8 Å². The van der Waals surface area contributed by atoms with Gasteiger partial charge in [0, 0.05) is 11.1 Å². The molecule has 0 bridgehead atoms. The maximum Gasteiger partial charge on any atom is 0.216 e. The molecule has 1 N–H and O–H groups in total. The highest BCUT2D eigenvalue weighted by molar-refractivity contribution is 6.17. The molecule has 0 radical (unpaired) electrons. The summed E-state index contributed by atoms with van der Waals surface area (Å²) < 4.78 is 0. The predicted octanol–water partition coefficient (Wildman–Crippen LogP) is -0.803. The van der Waals surface area contributed by atoms with E-state index in [0.29, 0.717) is 12.4 Å². The lowest BCUT2D eigenvalue weighted by Crippen LogP contribution is -3.12. The fraction of sp³-hybridized carbons (Fsp3) is 0.235. The summed E-state index contributed by atoms with van der Waals surface area (Å²) in [5, 5.41) is 0. The van der Waals surface area contributed by atoms with Crippen molar-refractivity contribution < 1.29 is 22.1 Å². The first kappa shape index (κ1) is 17.7. The van der Waals surface area contributed by atoms with Crippen molar-refractivity contribution >= 4 is 17.4 Å². The second-order valence-electron chi connectivity index (χ2n) is 4.82. The molecule has 0 amide bonds. The zero-order chi connectivity index (χ0) is 14.2. The Labute approximate surface area is 137 Å². The number of alkyl halides is 1. The van der Waals surface area contributed by atoms with Crippen molar-refractivity contribution in [3.63, 3.8) is 0 Å². The lowest BCUT2D eigenvalue weighted by atomic mass is 10.1. The molecule has 2 nitrogen and oxygen atoms in total. The van der Waals surface area contributed by atoms with E-state index in [4.69, 9.17) is 11.6 Å². The van der Waals surface area contributed by atoms with Crippen molar-refractivity contribution in [2.45, 2.75) is 6.54 Å². The van der Waals surface area contributed by atoms with Gasteiger partial charge in [-0.05, 0) is 0 Å². The summed E-state index contributed by atoms with van der Waals surface area (Å²) in [7, 11) is 0. The van der Waals surface area contributed by atoms with Crippen LogP contribution in [-0.2, 0) is 6.54 Å². The Kier molecular flexibility index (Phi) is 8.06. The van der Waals surface area contributed by atoms with Gasteiger partial charge in [-0.3, -0.25) is 4.79 Å². The van der Waals surface area contributed by atoms with E-state index < -0.39 is 0 Å². The van der Waals surface area contributed by atoms with E-state index in [1.165, 1.54) is 10.5 Å². The van der Waals surface area contributed by atoms with Gasteiger partial charge in [0.15, 0.2) is 0 Å². The van der Waals surface area contributed by atoms with Crippen LogP contribution in [0.2, 0.25) is 0 Å². The fourth-order valence-corrected chi connectivity index (χ4v) is 2.48. The number of rotatable bonds is 7. The quantitative estimate of drug-likeness (QED) is 0.523. The number of carbonyl (C=O) groups excluding carboxylic acids is 1. The number of hydrogen-bond donors (Lipinski definition) is 1. The number of benzene rings is 2. The normalized spacial score (nSPS) is 11.5. The summed E-state index contributed by atoms with van der Waals surface area (Å²) in [6, 6.07) is 19.6. The predicted molar refractivity (Wildman–Crippen MR) is 82.3 cm³/mol. The first-order valence-electron chi connectivity index (χ1n) is 6.81. The van der Waals surface area contributed by atoms with Crippen LogP contribution in [0.25, 0.3) is 0 Å². The molecule has 0 aromatic heterocycles. The Morgan fingerprint density at radius 1 is 0.952 bits per heavy atom. The number of nitrogens with one attached hydrogen (secondary N) is 1. The molecule has 0 heterocycles. The zero-order valence-corrected chi connectivity index (χ0v) is 13.3. The van der Waals surface area contributed by atoms with Gasteiger partial charge in [0.2, 0.25) is 5.78 Å². The number of hydrogen-bond acceptors (Lipinski definition) is 1. The SMILES string of the molecule is O=C(C[NH+](CCCl)Cc1ccccc1)c1ccccc1.[Cl-]. The summed E-state index contributed by atoms with van der Waals surface area (Å²) >= 11 is 5.86. The molecule has 4 heteroatoms. The summed E-state index contributed by atoms with van der Waals surface area (Å²) in [6.07, 6.45) is 0. The van der Waals surface area contributed by atoms with Gasteiger partial charge in [-0.1, -0.05) is 60.7 Å². The van der Waals surface area contributed by atoms with Crippen LogP contribution in [0.5, 0.6) is 0 Å². The van der Waals surface area contributed by atoms with Gasteiger partial charge < -0.3 is 17.3 Å². The number of ketones is 1. The highest BCUT2D eigenvalue weighted by Crippen LogP contribution is 1.99.